The summed E-state index contributed by atoms with van der Waals surface area (Å²) in [4.78, 5) is 0. The molecule has 19 heavy (non-hydrogen) atoms. The molecule has 0 aliphatic carbocycles. The molecule has 0 saturated heterocycles. The van der Waals surface area contributed by atoms with Gasteiger partial charge in [0.15, 0.2) is 0 Å². The minimum atomic E-state index is -0.630. The lowest BCUT2D eigenvalue weighted by atomic mass is 10.0. The third kappa shape index (κ3) is 2.88. The van der Waals surface area contributed by atoms with Crippen molar-refractivity contribution in [2.24, 2.45) is 0 Å². The molecule has 3 nitrogen and oxygen atoms in total. The maximum atomic E-state index is 13.2. The number of halogens is 1. The first-order valence-electron chi connectivity index (χ1n) is 5.65. The van der Waals surface area contributed by atoms with Gasteiger partial charge in [-0.3, -0.25) is 0 Å². The fourth-order valence-electron chi connectivity index (χ4n) is 1.70. The Morgan fingerprint density at radius 3 is 2.42 bits per heavy atom. The van der Waals surface area contributed by atoms with Gasteiger partial charge in [0.25, 0.3) is 0 Å². The Hall–Kier alpha value is -2.85. The van der Waals surface area contributed by atoms with Gasteiger partial charge in [0, 0.05) is 5.69 Å². The number of rotatable bonds is 3. The summed E-state index contributed by atoms with van der Waals surface area (Å²) in [6, 6.07) is 16.6. The van der Waals surface area contributed by atoms with Gasteiger partial charge < -0.3 is 5.32 Å². The minimum Gasteiger partial charge on any atom is -0.366 e. The third-order valence-electron chi connectivity index (χ3n) is 2.66. The van der Waals surface area contributed by atoms with Gasteiger partial charge in [0.1, 0.15) is 17.9 Å². The van der Waals surface area contributed by atoms with E-state index >= 15 is 0 Å². The van der Waals surface area contributed by atoms with E-state index in [1.54, 1.807) is 6.07 Å². The Balaban J connectivity index is 2.29. The van der Waals surface area contributed by atoms with E-state index in [0.29, 0.717) is 5.56 Å². The summed E-state index contributed by atoms with van der Waals surface area (Å²) in [6.07, 6.45) is 0. The number of nitrogens with zero attached hydrogens (tertiary/aromatic N) is 2. The lowest BCUT2D eigenvalue weighted by Gasteiger charge is -2.13. The van der Waals surface area contributed by atoms with Crippen molar-refractivity contribution < 1.29 is 4.39 Å². The average molecular weight is 251 g/mol. The third-order valence-corrected chi connectivity index (χ3v) is 2.66. The number of nitrogens with one attached hydrogen (secondary N) is 1. The quantitative estimate of drug-likeness (QED) is 0.909. The van der Waals surface area contributed by atoms with Gasteiger partial charge in [-0.05, 0) is 29.8 Å². The summed E-state index contributed by atoms with van der Waals surface area (Å²) in [7, 11) is 0. The van der Waals surface area contributed by atoms with Crippen LogP contribution in [0.1, 0.15) is 17.2 Å². The van der Waals surface area contributed by atoms with Crippen molar-refractivity contribution in [2.75, 3.05) is 5.32 Å². The van der Waals surface area contributed by atoms with Gasteiger partial charge in [-0.2, -0.15) is 10.5 Å². The summed E-state index contributed by atoms with van der Waals surface area (Å²) >= 11 is 0. The van der Waals surface area contributed by atoms with E-state index in [9.17, 15) is 9.65 Å². The van der Waals surface area contributed by atoms with Crippen LogP contribution in [0.5, 0.6) is 0 Å². The van der Waals surface area contributed by atoms with Crippen molar-refractivity contribution in [3.05, 3.63) is 65.5 Å². The monoisotopic (exact) mass is 251 g/mol. The standard InChI is InChI=1S/C15H10FN3/c16-14-7-6-11(8-12(14)9-17)15(10-18)19-13-4-2-1-3-5-13/h1-8,15,19H. The highest BCUT2D eigenvalue weighted by molar-refractivity contribution is 5.48. The summed E-state index contributed by atoms with van der Waals surface area (Å²) < 4.78 is 13.2. The van der Waals surface area contributed by atoms with E-state index in [-0.39, 0.29) is 5.56 Å². The van der Waals surface area contributed by atoms with Gasteiger partial charge in [-0.25, -0.2) is 4.39 Å². The van der Waals surface area contributed by atoms with E-state index in [4.69, 9.17) is 5.26 Å². The maximum Gasteiger partial charge on any atom is 0.140 e. The molecule has 0 saturated carbocycles. The van der Waals surface area contributed by atoms with Crippen LogP contribution in [0.4, 0.5) is 10.1 Å². The first kappa shape index (κ1) is 12.6. The predicted molar refractivity (Wildman–Crippen MR) is 69.5 cm³/mol. The first-order valence-corrected chi connectivity index (χ1v) is 5.65. The molecule has 1 N–H and O–H groups in total. The van der Waals surface area contributed by atoms with Crippen molar-refractivity contribution in [3.8, 4) is 12.1 Å². The molecule has 0 radical (unpaired) electrons. The molecule has 0 aliphatic rings. The van der Waals surface area contributed by atoms with E-state index in [0.717, 1.165) is 5.69 Å². The lowest BCUT2D eigenvalue weighted by molar-refractivity contribution is 0.623. The fraction of sp³-hybridized carbons (Fsp3) is 0.0667. The molecule has 2 rings (SSSR count). The predicted octanol–water partition coefficient (Wildman–Crippen LogP) is 3.37. The normalized spacial score (nSPS) is 11.1. The topological polar surface area (TPSA) is 59.6 Å². The van der Waals surface area contributed by atoms with Gasteiger partial charge in [0.05, 0.1) is 11.6 Å². The highest BCUT2D eigenvalue weighted by atomic mass is 19.1. The van der Waals surface area contributed by atoms with Crippen molar-refractivity contribution in [3.63, 3.8) is 0 Å². The number of nitriles is 2. The van der Waals surface area contributed by atoms with Gasteiger partial charge in [-0.15, -0.1) is 0 Å². The first-order chi connectivity index (χ1) is 9.24. The van der Waals surface area contributed by atoms with Crippen molar-refractivity contribution in [1.82, 2.24) is 0 Å². The molecular weight excluding hydrogens is 241 g/mol. The molecule has 0 aromatic heterocycles. The molecule has 1 unspecified atom stereocenters. The largest absolute Gasteiger partial charge is 0.366 e. The lowest BCUT2D eigenvalue weighted by Crippen LogP contribution is -2.08. The van der Waals surface area contributed by atoms with Crippen LogP contribution in [0, 0.1) is 28.5 Å². The summed E-state index contributed by atoms with van der Waals surface area (Å²) in [6.45, 7) is 0. The Bertz CT molecular complexity index is 653. The summed E-state index contributed by atoms with van der Waals surface area (Å²) in [5.41, 5.74) is 1.29. The molecule has 2 aromatic carbocycles. The SMILES string of the molecule is N#Cc1cc(C(C#N)Nc2ccccc2)ccc1F. The van der Waals surface area contributed by atoms with Crippen LogP contribution in [-0.4, -0.2) is 0 Å². The van der Waals surface area contributed by atoms with E-state index in [2.05, 4.69) is 11.4 Å². The number of hydrogen-bond donors (Lipinski definition) is 1. The van der Waals surface area contributed by atoms with Crippen LogP contribution in [0.3, 0.4) is 0 Å². The molecule has 1 atom stereocenters. The molecule has 0 spiro atoms. The smallest absolute Gasteiger partial charge is 0.140 e. The second kappa shape index (κ2) is 5.66. The molecule has 0 heterocycles. The van der Waals surface area contributed by atoms with Gasteiger partial charge >= 0.3 is 0 Å². The number of hydrogen-bond acceptors (Lipinski definition) is 3. The highest BCUT2D eigenvalue weighted by Gasteiger charge is 2.12. The van der Waals surface area contributed by atoms with Crippen molar-refractivity contribution in [2.45, 2.75) is 6.04 Å². The number of anilines is 1. The second-order valence-corrected chi connectivity index (χ2v) is 3.92. The van der Waals surface area contributed by atoms with Crippen molar-refractivity contribution in [1.29, 1.82) is 10.5 Å². The molecule has 92 valence electrons. The maximum absolute atomic E-state index is 13.2. The number of benzene rings is 2. The van der Waals surface area contributed by atoms with Crippen LogP contribution in [0.15, 0.2) is 48.5 Å². The molecule has 0 bridgehead atoms. The van der Waals surface area contributed by atoms with Crippen LogP contribution in [0.25, 0.3) is 0 Å². The van der Waals surface area contributed by atoms with Gasteiger partial charge in [-0.1, -0.05) is 24.3 Å². The zero-order valence-electron chi connectivity index (χ0n) is 9.97. The minimum absolute atomic E-state index is 0.0624. The Kier molecular flexibility index (Phi) is 3.75. The molecule has 0 amide bonds. The molecule has 4 heteroatoms. The Labute approximate surface area is 110 Å². The zero-order valence-corrected chi connectivity index (χ0v) is 9.97. The number of para-hydroxylation sites is 1. The van der Waals surface area contributed by atoms with Crippen molar-refractivity contribution >= 4 is 5.69 Å². The Morgan fingerprint density at radius 1 is 1.05 bits per heavy atom. The fourth-order valence-corrected chi connectivity index (χ4v) is 1.70. The molecule has 0 fully saturated rings. The molecule has 2 aromatic rings. The van der Waals surface area contributed by atoms with E-state index in [1.165, 1.54) is 18.2 Å². The second-order valence-electron chi connectivity index (χ2n) is 3.92. The highest BCUT2D eigenvalue weighted by Crippen LogP contribution is 2.21. The summed E-state index contributed by atoms with van der Waals surface area (Å²) in [5, 5.41) is 21.0. The van der Waals surface area contributed by atoms with E-state index < -0.39 is 11.9 Å². The van der Waals surface area contributed by atoms with E-state index in [1.807, 2.05) is 30.3 Å². The summed E-state index contributed by atoms with van der Waals surface area (Å²) in [5.74, 6) is -0.581. The van der Waals surface area contributed by atoms with Crippen LogP contribution < -0.4 is 5.32 Å². The van der Waals surface area contributed by atoms with Crippen LogP contribution >= 0.6 is 0 Å². The average Bonchev–Trinajstić information content (AvgIpc) is 2.46. The van der Waals surface area contributed by atoms with Gasteiger partial charge in [0.2, 0.25) is 0 Å². The zero-order chi connectivity index (χ0) is 13.7. The molecular formula is C15H10FN3. The van der Waals surface area contributed by atoms with Crippen LogP contribution in [-0.2, 0) is 0 Å². The van der Waals surface area contributed by atoms with Crippen LogP contribution in [0.2, 0.25) is 0 Å². The Morgan fingerprint density at radius 2 is 1.79 bits per heavy atom. The molecule has 0 aliphatic heterocycles.